The van der Waals surface area contributed by atoms with Gasteiger partial charge in [0.15, 0.2) is 5.78 Å². The van der Waals surface area contributed by atoms with Crippen molar-refractivity contribution in [2.24, 2.45) is 23.1 Å². The quantitative estimate of drug-likeness (QED) is 0.225. The van der Waals surface area contributed by atoms with E-state index in [-0.39, 0.29) is 29.6 Å². The Morgan fingerprint density at radius 2 is 1.47 bits per heavy atom. The van der Waals surface area contributed by atoms with Crippen LogP contribution in [0.5, 0.6) is 0 Å². The van der Waals surface area contributed by atoms with Crippen molar-refractivity contribution in [3.8, 4) is 0 Å². The van der Waals surface area contributed by atoms with E-state index in [2.05, 4.69) is 0 Å². The van der Waals surface area contributed by atoms with Crippen molar-refractivity contribution in [1.82, 2.24) is 0 Å². The molecule has 0 aromatic carbocycles. The first-order chi connectivity index (χ1) is 8.16. The second-order valence-corrected chi connectivity index (χ2v) is 3.74. The molecule has 0 aliphatic carbocycles. The van der Waals surface area contributed by atoms with Crippen molar-refractivity contribution in [3.63, 3.8) is 0 Å². The van der Waals surface area contributed by atoms with Crippen molar-refractivity contribution in [1.29, 1.82) is 0 Å². The molecule has 9 nitrogen and oxygen atoms in total. The van der Waals surface area contributed by atoms with Crippen LogP contribution in [0.15, 0.2) is 0 Å². The number of hydrogen-bond acceptors (Lipinski definition) is 6. The summed E-state index contributed by atoms with van der Waals surface area (Å²) < 4.78 is 0. The molecule has 1 unspecified atom stereocenters. The molecule has 0 fully saturated rings. The van der Waals surface area contributed by atoms with Crippen LogP contribution in [0.2, 0.25) is 0 Å². The minimum absolute atomic E-state index is 0. The molecule has 0 saturated heterocycles. The number of nitrogens with two attached hydrogens (primary N) is 3. The molecule has 0 bridgehead atoms. The van der Waals surface area contributed by atoms with Crippen molar-refractivity contribution in [2.75, 3.05) is 0 Å². The van der Waals surface area contributed by atoms with Crippen molar-refractivity contribution >= 4 is 53.2 Å². The number of amides is 1. The van der Waals surface area contributed by atoms with Crippen LogP contribution >= 0.6 is 0 Å². The van der Waals surface area contributed by atoms with E-state index >= 15 is 0 Å². The number of aliphatic carboxylic acids is 2. The van der Waals surface area contributed by atoms with Gasteiger partial charge in [-0.3, -0.25) is 19.2 Å². The molecule has 0 aromatic heterocycles. The van der Waals surface area contributed by atoms with Crippen LogP contribution in [0, 0.1) is 5.92 Å². The fraction of sp³-hybridized carbons (Fsp3) is 0.556. The van der Waals surface area contributed by atoms with Crippen LogP contribution in [0.1, 0.15) is 12.8 Å². The van der Waals surface area contributed by atoms with Gasteiger partial charge in [0.1, 0.15) is 6.04 Å². The summed E-state index contributed by atoms with van der Waals surface area (Å²) in [6.07, 6.45) is -1.19. The first-order valence-electron chi connectivity index (χ1n) is 4.95. The van der Waals surface area contributed by atoms with Crippen LogP contribution < -0.4 is 17.2 Å². The second kappa shape index (κ2) is 8.99. The summed E-state index contributed by atoms with van der Waals surface area (Å²) in [7, 11) is 0. The number of carbonyl (C=O) groups is 4. The van der Waals surface area contributed by atoms with E-state index in [1.54, 1.807) is 0 Å². The van der Waals surface area contributed by atoms with Gasteiger partial charge in [-0.2, -0.15) is 0 Å². The third-order valence-electron chi connectivity index (χ3n) is 2.25. The van der Waals surface area contributed by atoms with Gasteiger partial charge in [0.05, 0.1) is 18.4 Å². The summed E-state index contributed by atoms with van der Waals surface area (Å²) >= 11 is 0. The normalized spacial score (nSPS) is 14.6. The number of Topliss-reactive ketones (excluding diaryl/α,β-unsaturated/α-hetero) is 1. The zero-order valence-electron chi connectivity index (χ0n) is 9.41. The monoisotopic (exact) mass is 285 g/mol. The molecule has 0 radical (unpaired) electrons. The number of primary amides is 1. The van der Waals surface area contributed by atoms with E-state index < -0.39 is 54.5 Å². The Bertz CT molecular complexity index is 375. The van der Waals surface area contributed by atoms with Crippen LogP contribution in [-0.4, -0.2) is 75.5 Å². The van der Waals surface area contributed by atoms with Crippen molar-refractivity contribution in [3.05, 3.63) is 0 Å². The number of hydrogen-bond donors (Lipinski definition) is 5. The molecular formula is C9H16N3NaO6. The Kier molecular flexibility index (Phi) is 9.62. The predicted molar refractivity (Wildman–Crippen MR) is 65.3 cm³/mol. The Morgan fingerprint density at radius 3 is 1.79 bits per heavy atom. The summed E-state index contributed by atoms with van der Waals surface area (Å²) in [6.45, 7) is 0. The van der Waals surface area contributed by atoms with Crippen molar-refractivity contribution < 1.29 is 29.4 Å². The van der Waals surface area contributed by atoms with Gasteiger partial charge in [0, 0.05) is 0 Å². The molecule has 0 aliphatic rings. The molecule has 0 spiro atoms. The molecule has 8 N–H and O–H groups in total. The molecule has 0 rings (SSSR count). The molecule has 0 saturated carbocycles. The molecule has 0 aromatic rings. The summed E-state index contributed by atoms with van der Waals surface area (Å²) in [6, 6.07) is -2.88. The summed E-state index contributed by atoms with van der Waals surface area (Å²) in [5.74, 6) is -6.24. The SMILES string of the molecule is NC(=O)C(C[C@H](N)C(=O)O)C(=O)[C@@H](N)CC(=O)O.[NaH]. The van der Waals surface area contributed by atoms with Gasteiger partial charge in [-0.25, -0.2) is 0 Å². The molecule has 0 aliphatic heterocycles. The Hall–Kier alpha value is -1.00. The zero-order valence-corrected chi connectivity index (χ0v) is 9.41. The number of carboxylic acids is 2. The third-order valence-corrected chi connectivity index (χ3v) is 2.25. The second-order valence-electron chi connectivity index (χ2n) is 3.74. The number of carbonyl (C=O) groups excluding carboxylic acids is 2. The predicted octanol–water partition coefficient (Wildman–Crippen LogP) is -3.39. The Labute approximate surface area is 130 Å². The first-order valence-corrected chi connectivity index (χ1v) is 4.95. The maximum atomic E-state index is 11.6. The molecule has 1 amide bonds. The third kappa shape index (κ3) is 7.23. The molecule has 3 atom stereocenters. The van der Waals surface area contributed by atoms with Crippen LogP contribution in [0.25, 0.3) is 0 Å². The minimum atomic E-state index is -1.51. The van der Waals surface area contributed by atoms with Gasteiger partial charge in [-0.15, -0.1) is 0 Å². The first kappa shape index (κ1) is 20.3. The zero-order chi connectivity index (χ0) is 14.5. The van der Waals surface area contributed by atoms with Gasteiger partial charge in [-0.05, 0) is 6.42 Å². The van der Waals surface area contributed by atoms with Crippen LogP contribution in [0.3, 0.4) is 0 Å². The fourth-order valence-electron chi connectivity index (χ4n) is 1.27. The van der Waals surface area contributed by atoms with Gasteiger partial charge >= 0.3 is 41.5 Å². The maximum absolute atomic E-state index is 11.6. The van der Waals surface area contributed by atoms with Crippen LogP contribution in [-0.2, 0) is 19.2 Å². The molecule has 10 heteroatoms. The fourth-order valence-corrected chi connectivity index (χ4v) is 1.27. The van der Waals surface area contributed by atoms with Crippen LogP contribution in [0.4, 0.5) is 0 Å². The molecular weight excluding hydrogens is 269 g/mol. The number of carboxylic acid groups (broad SMARTS) is 2. The Balaban J connectivity index is 0. The van der Waals surface area contributed by atoms with E-state index in [1.165, 1.54) is 0 Å². The van der Waals surface area contributed by atoms with E-state index in [4.69, 9.17) is 27.4 Å². The van der Waals surface area contributed by atoms with Gasteiger partial charge in [-0.1, -0.05) is 0 Å². The molecule has 104 valence electrons. The summed E-state index contributed by atoms with van der Waals surface area (Å²) in [4.78, 5) is 43.6. The van der Waals surface area contributed by atoms with Gasteiger partial charge in [0.2, 0.25) is 5.91 Å². The van der Waals surface area contributed by atoms with E-state index in [0.717, 1.165) is 0 Å². The average Bonchev–Trinajstić information content (AvgIpc) is 2.22. The van der Waals surface area contributed by atoms with Crippen molar-refractivity contribution in [2.45, 2.75) is 24.9 Å². The number of rotatable bonds is 8. The topological polar surface area (TPSA) is 187 Å². The number of ketones is 1. The average molecular weight is 285 g/mol. The molecule has 0 heterocycles. The molecule has 19 heavy (non-hydrogen) atoms. The summed E-state index contributed by atoms with van der Waals surface area (Å²) in [5.41, 5.74) is 15.4. The summed E-state index contributed by atoms with van der Waals surface area (Å²) in [5, 5.41) is 17.0. The standard InChI is InChI=1S/C9H15N3O6.Na.H/c10-4(2-6(13)14)7(15)3(8(12)16)1-5(11)9(17)18;;/h3-5H,1-2,10-11H2,(H2,12,16)(H,13,14)(H,17,18);;/t3?,4-,5-;;/m0../s1. The van der Waals surface area contributed by atoms with E-state index in [0.29, 0.717) is 0 Å². The Morgan fingerprint density at radius 1 is 1.00 bits per heavy atom. The van der Waals surface area contributed by atoms with E-state index in [1.807, 2.05) is 0 Å². The van der Waals surface area contributed by atoms with Gasteiger partial charge in [0.25, 0.3) is 0 Å². The van der Waals surface area contributed by atoms with E-state index in [9.17, 15) is 19.2 Å². The van der Waals surface area contributed by atoms with Gasteiger partial charge < -0.3 is 27.4 Å².